The largest absolute Gasteiger partial charge is 0.287 e. The molecule has 0 saturated carbocycles. The van der Waals surface area contributed by atoms with Crippen LogP contribution in [0.1, 0.15) is 4.88 Å². The highest BCUT2D eigenvalue weighted by Gasteiger charge is 2.16. The van der Waals surface area contributed by atoms with Crippen molar-refractivity contribution in [1.82, 2.24) is 9.55 Å². The fraction of sp³-hybridized carbons (Fsp3) is 0.125. The maximum Gasteiger partial charge on any atom is 0.263 e. The van der Waals surface area contributed by atoms with Crippen LogP contribution in [-0.4, -0.2) is 9.55 Å². The maximum absolute atomic E-state index is 12.6. The van der Waals surface area contributed by atoms with E-state index in [1.165, 1.54) is 22.2 Å². The number of halogens is 1. The highest BCUT2D eigenvalue weighted by molar-refractivity contribution is 7.19. The first-order chi connectivity index (χ1) is 10.1. The van der Waals surface area contributed by atoms with Crippen LogP contribution in [0.2, 0.25) is 5.02 Å². The van der Waals surface area contributed by atoms with Crippen molar-refractivity contribution in [2.45, 2.75) is 13.5 Å². The summed E-state index contributed by atoms with van der Waals surface area (Å²) in [6.45, 7) is 2.19. The summed E-state index contributed by atoms with van der Waals surface area (Å²) in [6.07, 6.45) is 6.80. The number of fused-ring (bicyclic) bond motifs is 1. The summed E-state index contributed by atoms with van der Waals surface area (Å²) >= 11 is 7.57. The molecule has 0 aliphatic rings. The fourth-order valence-corrected chi connectivity index (χ4v) is 3.53. The number of nitrogens with zero attached hydrogens (tertiary/aromatic N) is 2. The molecule has 3 aromatic rings. The molecule has 0 amide bonds. The normalized spacial score (nSPS) is 10.7. The molecule has 104 valence electrons. The van der Waals surface area contributed by atoms with Crippen LogP contribution in [0, 0.1) is 19.3 Å². The molecule has 2 heterocycles. The molecule has 21 heavy (non-hydrogen) atoms. The summed E-state index contributed by atoms with van der Waals surface area (Å²) in [5.41, 5.74) is 1.70. The van der Waals surface area contributed by atoms with Gasteiger partial charge in [0, 0.05) is 15.5 Å². The van der Waals surface area contributed by atoms with Crippen molar-refractivity contribution in [1.29, 1.82) is 0 Å². The van der Waals surface area contributed by atoms with E-state index in [-0.39, 0.29) is 12.1 Å². The minimum atomic E-state index is -0.114. The molecule has 5 heteroatoms. The van der Waals surface area contributed by atoms with E-state index >= 15 is 0 Å². The van der Waals surface area contributed by atoms with Crippen LogP contribution in [0.15, 0.2) is 35.4 Å². The summed E-state index contributed by atoms with van der Waals surface area (Å²) < 4.78 is 1.45. The Hall–Kier alpha value is -2.09. The first-order valence-corrected chi connectivity index (χ1v) is 7.49. The SMILES string of the molecule is C#CCn1cnc2sc(C)c(-c3cccc(Cl)c3)c2c1=O. The monoisotopic (exact) mass is 314 g/mol. The van der Waals surface area contributed by atoms with E-state index in [1.807, 2.05) is 31.2 Å². The maximum atomic E-state index is 12.6. The lowest BCUT2D eigenvalue weighted by Crippen LogP contribution is -2.19. The molecule has 1 aromatic carbocycles. The van der Waals surface area contributed by atoms with Crippen molar-refractivity contribution in [3.8, 4) is 23.5 Å². The third-order valence-corrected chi connectivity index (χ3v) is 4.48. The minimum Gasteiger partial charge on any atom is -0.287 e. The molecule has 0 saturated heterocycles. The van der Waals surface area contributed by atoms with Crippen molar-refractivity contribution in [2.24, 2.45) is 0 Å². The second kappa shape index (κ2) is 5.36. The van der Waals surface area contributed by atoms with E-state index in [0.29, 0.717) is 10.4 Å². The lowest BCUT2D eigenvalue weighted by Gasteiger charge is -2.04. The third kappa shape index (κ3) is 2.35. The Bertz CT molecular complexity index is 934. The second-order valence-electron chi connectivity index (χ2n) is 4.61. The summed E-state index contributed by atoms with van der Waals surface area (Å²) in [5, 5.41) is 1.25. The molecule has 0 spiro atoms. The zero-order valence-electron chi connectivity index (χ0n) is 11.3. The number of hydrogen-bond acceptors (Lipinski definition) is 3. The summed E-state index contributed by atoms with van der Waals surface area (Å²) in [4.78, 5) is 18.7. The molecule has 0 radical (unpaired) electrons. The van der Waals surface area contributed by atoms with Crippen LogP contribution < -0.4 is 5.56 Å². The first kappa shape index (κ1) is 13.9. The Morgan fingerprint density at radius 3 is 3.00 bits per heavy atom. The van der Waals surface area contributed by atoms with Crippen molar-refractivity contribution >= 4 is 33.2 Å². The standard InChI is InChI=1S/C16H11ClN2OS/c1-3-7-19-9-18-15-14(16(19)20)13(10(2)21-15)11-5-4-6-12(17)8-11/h1,4-6,8-9H,7H2,2H3. The van der Waals surface area contributed by atoms with Gasteiger partial charge in [-0.3, -0.25) is 9.36 Å². The predicted octanol–water partition coefficient (Wildman–Crippen LogP) is 3.72. The highest BCUT2D eigenvalue weighted by atomic mass is 35.5. The third-order valence-electron chi connectivity index (χ3n) is 3.23. The number of thiophene rings is 1. The van der Waals surface area contributed by atoms with Gasteiger partial charge in [-0.15, -0.1) is 17.8 Å². The van der Waals surface area contributed by atoms with E-state index in [4.69, 9.17) is 18.0 Å². The van der Waals surface area contributed by atoms with Crippen LogP contribution in [0.5, 0.6) is 0 Å². The number of aryl methyl sites for hydroxylation is 1. The van der Waals surface area contributed by atoms with Crippen LogP contribution in [0.25, 0.3) is 21.3 Å². The number of aromatic nitrogens is 2. The average Bonchev–Trinajstić information content (AvgIpc) is 2.79. The number of rotatable bonds is 2. The van der Waals surface area contributed by atoms with Crippen LogP contribution in [0.3, 0.4) is 0 Å². The van der Waals surface area contributed by atoms with Gasteiger partial charge >= 0.3 is 0 Å². The lowest BCUT2D eigenvalue weighted by atomic mass is 10.0. The summed E-state index contributed by atoms with van der Waals surface area (Å²) in [5.74, 6) is 2.47. The molecule has 0 aliphatic heterocycles. The highest BCUT2D eigenvalue weighted by Crippen LogP contribution is 2.36. The molecule has 0 bridgehead atoms. The smallest absolute Gasteiger partial charge is 0.263 e. The molecule has 0 aliphatic carbocycles. The average molecular weight is 315 g/mol. The molecule has 3 rings (SSSR count). The summed E-state index contributed by atoms with van der Waals surface area (Å²) in [7, 11) is 0. The molecule has 0 fully saturated rings. The minimum absolute atomic E-state index is 0.114. The molecule has 2 aromatic heterocycles. The Labute approximate surface area is 130 Å². The van der Waals surface area contributed by atoms with Crippen molar-refractivity contribution in [3.05, 3.63) is 50.8 Å². The quantitative estimate of drug-likeness (QED) is 0.676. The van der Waals surface area contributed by atoms with Gasteiger partial charge in [-0.1, -0.05) is 29.7 Å². The van der Waals surface area contributed by atoms with Gasteiger partial charge in [-0.25, -0.2) is 4.98 Å². The van der Waals surface area contributed by atoms with E-state index in [0.717, 1.165) is 20.8 Å². The fourth-order valence-electron chi connectivity index (χ4n) is 2.34. The Morgan fingerprint density at radius 1 is 1.48 bits per heavy atom. The van der Waals surface area contributed by atoms with Gasteiger partial charge in [0.25, 0.3) is 5.56 Å². The van der Waals surface area contributed by atoms with Gasteiger partial charge in [0.1, 0.15) is 4.83 Å². The topological polar surface area (TPSA) is 34.9 Å². The Kier molecular flexibility index (Phi) is 3.54. The number of terminal acetylenes is 1. The van der Waals surface area contributed by atoms with Gasteiger partial charge < -0.3 is 0 Å². The van der Waals surface area contributed by atoms with Crippen LogP contribution >= 0.6 is 22.9 Å². The van der Waals surface area contributed by atoms with E-state index < -0.39 is 0 Å². The van der Waals surface area contributed by atoms with Gasteiger partial charge in [0.05, 0.1) is 18.3 Å². The van der Waals surface area contributed by atoms with Crippen LogP contribution in [0.4, 0.5) is 0 Å². The number of hydrogen-bond donors (Lipinski definition) is 0. The molecule has 0 atom stereocenters. The first-order valence-electron chi connectivity index (χ1n) is 6.29. The van der Waals surface area contributed by atoms with Crippen LogP contribution in [-0.2, 0) is 6.54 Å². The molecular formula is C16H11ClN2OS. The lowest BCUT2D eigenvalue weighted by molar-refractivity contribution is 0.784. The molecule has 0 unspecified atom stereocenters. The molecular weight excluding hydrogens is 304 g/mol. The Morgan fingerprint density at radius 2 is 2.29 bits per heavy atom. The van der Waals surface area contributed by atoms with Crippen molar-refractivity contribution in [3.63, 3.8) is 0 Å². The Balaban J connectivity index is 2.37. The molecule has 3 nitrogen and oxygen atoms in total. The van der Waals surface area contributed by atoms with Gasteiger partial charge in [-0.2, -0.15) is 0 Å². The predicted molar refractivity (Wildman–Crippen MR) is 87.9 cm³/mol. The van der Waals surface area contributed by atoms with E-state index in [2.05, 4.69) is 10.9 Å². The van der Waals surface area contributed by atoms with Gasteiger partial charge in [-0.05, 0) is 24.6 Å². The van der Waals surface area contributed by atoms with Gasteiger partial charge in [0.15, 0.2) is 0 Å². The van der Waals surface area contributed by atoms with E-state index in [1.54, 1.807) is 0 Å². The zero-order chi connectivity index (χ0) is 15.0. The van der Waals surface area contributed by atoms with E-state index in [9.17, 15) is 4.79 Å². The zero-order valence-corrected chi connectivity index (χ0v) is 12.8. The van der Waals surface area contributed by atoms with Gasteiger partial charge in [0.2, 0.25) is 0 Å². The number of benzene rings is 1. The second-order valence-corrected chi connectivity index (χ2v) is 6.25. The summed E-state index contributed by atoms with van der Waals surface area (Å²) in [6, 6.07) is 7.48. The van der Waals surface area contributed by atoms with Crippen molar-refractivity contribution in [2.75, 3.05) is 0 Å². The van der Waals surface area contributed by atoms with Crippen molar-refractivity contribution < 1.29 is 0 Å². The molecule has 0 N–H and O–H groups in total.